The van der Waals surface area contributed by atoms with Crippen molar-refractivity contribution in [2.75, 3.05) is 24.5 Å². The molecule has 1 atom stereocenters. The van der Waals surface area contributed by atoms with E-state index in [1.54, 1.807) is 11.1 Å². The highest BCUT2D eigenvalue weighted by Crippen LogP contribution is 2.49. The molecule has 0 aromatic carbocycles. The third-order valence-electron chi connectivity index (χ3n) is 5.95. The van der Waals surface area contributed by atoms with Crippen molar-refractivity contribution in [2.24, 2.45) is 0 Å². The summed E-state index contributed by atoms with van der Waals surface area (Å²) in [5.74, 6) is 0.539. The minimum atomic E-state index is -1.62. The fourth-order valence-corrected chi connectivity index (χ4v) is 4.50. The maximum absolute atomic E-state index is 14.4. The molecule has 2 aromatic rings. The van der Waals surface area contributed by atoms with E-state index < -0.39 is 5.67 Å². The van der Waals surface area contributed by atoms with Crippen LogP contribution in [0.15, 0.2) is 49.3 Å². The van der Waals surface area contributed by atoms with Gasteiger partial charge in [0.2, 0.25) is 0 Å². The summed E-state index contributed by atoms with van der Waals surface area (Å²) >= 11 is 0. The van der Waals surface area contributed by atoms with Crippen LogP contribution in [-0.4, -0.2) is 45.7 Å². The lowest BCUT2D eigenvalue weighted by Crippen LogP contribution is -2.53. The number of nitrogens with zero attached hydrogens (tertiary/aromatic N) is 4. The molecule has 4 heterocycles. The van der Waals surface area contributed by atoms with Crippen LogP contribution in [0.2, 0.25) is 0 Å². The first-order valence-electron chi connectivity index (χ1n) is 9.09. The summed E-state index contributed by atoms with van der Waals surface area (Å²) in [5.41, 5.74) is 0.121. The van der Waals surface area contributed by atoms with E-state index in [1.807, 2.05) is 24.4 Å². The second kappa shape index (κ2) is 5.19. The number of anilines is 1. The Hall–Kier alpha value is -2.63. The van der Waals surface area contributed by atoms with Gasteiger partial charge in [0.15, 0.2) is 11.5 Å². The van der Waals surface area contributed by atoms with Crippen molar-refractivity contribution < 1.29 is 9.18 Å². The van der Waals surface area contributed by atoms with E-state index in [0.29, 0.717) is 32.5 Å². The molecule has 5 rings (SSSR count). The lowest BCUT2D eigenvalue weighted by atomic mass is 9.89. The highest BCUT2D eigenvalue weighted by molar-refractivity contribution is 5.88. The number of fused-ring (bicyclic) bond motifs is 4. The van der Waals surface area contributed by atoms with Gasteiger partial charge in [-0.05, 0) is 43.5 Å². The standard InChI is InChI=1S/C20H21FN4O/c1-2-11-25-15-5-3-10-22-17(15)24-12-4-6-16(24)20(25)9-13-23(14-20)18(26)19(21)7-8-19/h2-6,10,12H,1,7-9,11,13-14H2. The van der Waals surface area contributed by atoms with Crippen LogP contribution in [0.3, 0.4) is 0 Å². The van der Waals surface area contributed by atoms with Gasteiger partial charge >= 0.3 is 0 Å². The number of hydrogen-bond acceptors (Lipinski definition) is 3. The van der Waals surface area contributed by atoms with Crippen LogP contribution in [0.1, 0.15) is 25.0 Å². The molecule has 2 aliphatic heterocycles. The Kier molecular flexibility index (Phi) is 3.12. The molecule has 3 aliphatic rings. The summed E-state index contributed by atoms with van der Waals surface area (Å²) in [4.78, 5) is 21.2. The number of pyridine rings is 1. The van der Waals surface area contributed by atoms with Gasteiger partial charge in [0, 0.05) is 32.0 Å². The highest BCUT2D eigenvalue weighted by Gasteiger charge is 2.57. The Balaban J connectivity index is 1.62. The van der Waals surface area contributed by atoms with Crippen LogP contribution in [-0.2, 0) is 10.3 Å². The molecule has 1 unspecified atom stereocenters. The second-order valence-electron chi connectivity index (χ2n) is 7.48. The van der Waals surface area contributed by atoms with Gasteiger partial charge in [0.05, 0.1) is 11.4 Å². The van der Waals surface area contributed by atoms with Gasteiger partial charge < -0.3 is 14.4 Å². The molecular weight excluding hydrogens is 331 g/mol. The smallest absolute Gasteiger partial charge is 0.260 e. The monoisotopic (exact) mass is 352 g/mol. The largest absolute Gasteiger partial charge is 0.352 e. The van der Waals surface area contributed by atoms with Crippen LogP contribution in [0, 0.1) is 0 Å². The van der Waals surface area contributed by atoms with E-state index >= 15 is 0 Å². The van der Waals surface area contributed by atoms with Crippen LogP contribution >= 0.6 is 0 Å². The van der Waals surface area contributed by atoms with E-state index in [2.05, 4.69) is 33.2 Å². The number of hydrogen-bond donors (Lipinski definition) is 0. The highest BCUT2D eigenvalue weighted by atomic mass is 19.1. The van der Waals surface area contributed by atoms with Crippen LogP contribution in [0.5, 0.6) is 0 Å². The normalized spacial score (nSPS) is 25.1. The average molecular weight is 352 g/mol. The lowest BCUT2D eigenvalue weighted by Gasteiger charge is -2.46. The Bertz CT molecular complexity index is 903. The predicted molar refractivity (Wildman–Crippen MR) is 97.1 cm³/mol. The Morgan fingerprint density at radius 3 is 2.92 bits per heavy atom. The van der Waals surface area contributed by atoms with Crippen molar-refractivity contribution in [1.29, 1.82) is 0 Å². The Morgan fingerprint density at radius 1 is 1.31 bits per heavy atom. The van der Waals surface area contributed by atoms with Crippen molar-refractivity contribution in [3.8, 4) is 5.82 Å². The number of halogens is 1. The fraction of sp³-hybridized carbons (Fsp3) is 0.400. The molecule has 0 bridgehead atoms. The Morgan fingerprint density at radius 2 is 2.15 bits per heavy atom. The molecule has 0 radical (unpaired) electrons. The van der Waals surface area contributed by atoms with Crippen LogP contribution in [0.25, 0.3) is 5.82 Å². The fourth-order valence-electron chi connectivity index (χ4n) is 4.50. The zero-order valence-electron chi connectivity index (χ0n) is 14.6. The van der Waals surface area contributed by atoms with Crippen LogP contribution < -0.4 is 4.90 Å². The number of amides is 1. The molecule has 5 nitrogen and oxygen atoms in total. The van der Waals surface area contributed by atoms with Gasteiger partial charge in [-0.3, -0.25) is 4.79 Å². The third kappa shape index (κ3) is 1.95. The minimum Gasteiger partial charge on any atom is -0.352 e. The van der Waals surface area contributed by atoms with Gasteiger partial charge in [-0.2, -0.15) is 0 Å². The van der Waals surface area contributed by atoms with E-state index in [1.165, 1.54) is 0 Å². The third-order valence-corrected chi connectivity index (χ3v) is 5.95. The number of rotatable bonds is 3. The van der Waals surface area contributed by atoms with E-state index in [4.69, 9.17) is 0 Å². The van der Waals surface area contributed by atoms with Gasteiger partial charge in [0.25, 0.3) is 5.91 Å². The average Bonchev–Trinajstić information content (AvgIpc) is 3.08. The predicted octanol–water partition coefficient (Wildman–Crippen LogP) is 2.81. The quantitative estimate of drug-likeness (QED) is 0.798. The summed E-state index contributed by atoms with van der Waals surface area (Å²) in [6.45, 7) is 5.62. The van der Waals surface area contributed by atoms with Crippen LogP contribution in [0.4, 0.5) is 10.1 Å². The first-order chi connectivity index (χ1) is 12.6. The van der Waals surface area contributed by atoms with E-state index in [0.717, 1.165) is 23.6 Å². The minimum absolute atomic E-state index is 0.344. The van der Waals surface area contributed by atoms with Crippen molar-refractivity contribution >= 4 is 11.6 Å². The molecule has 6 heteroatoms. The summed E-state index contributed by atoms with van der Waals surface area (Å²) in [7, 11) is 0. The van der Waals surface area contributed by atoms with Crippen molar-refractivity contribution in [2.45, 2.75) is 30.5 Å². The number of alkyl halides is 1. The molecule has 26 heavy (non-hydrogen) atoms. The van der Waals surface area contributed by atoms with Crippen molar-refractivity contribution in [3.63, 3.8) is 0 Å². The van der Waals surface area contributed by atoms with E-state index in [9.17, 15) is 9.18 Å². The molecule has 1 saturated carbocycles. The molecule has 2 fully saturated rings. The molecule has 2 aromatic heterocycles. The Labute approximate surface area is 151 Å². The molecule has 1 amide bonds. The van der Waals surface area contributed by atoms with Gasteiger partial charge in [-0.15, -0.1) is 6.58 Å². The zero-order valence-corrected chi connectivity index (χ0v) is 14.6. The summed E-state index contributed by atoms with van der Waals surface area (Å²) in [6.07, 6.45) is 7.15. The van der Waals surface area contributed by atoms with Crippen molar-refractivity contribution in [1.82, 2.24) is 14.5 Å². The second-order valence-corrected chi connectivity index (χ2v) is 7.48. The number of likely N-dealkylation sites (tertiary alicyclic amines) is 1. The zero-order chi connectivity index (χ0) is 17.9. The van der Waals surface area contributed by atoms with E-state index in [-0.39, 0.29) is 11.4 Å². The first-order valence-corrected chi connectivity index (χ1v) is 9.09. The SMILES string of the molecule is C=CCN1c2cccnc2-n2cccc2C12CCN(C(=O)C1(F)CC1)C2. The molecule has 1 spiro atoms. The maximum Gasteiger partial charge on any atom is 0.260 e. The number of aromatic nitrogens is 2. The lowest BCUT2D eigenvalue weighted by molar-refractivity contribution is -0.137. The number of carbonyl (C=O) groups is 1. The summed E-state index contributed by atoms with van der Waals surface area (Å²) < 4.78 is 16.5. The molecular formula is C20H21FN4O. The molecule has 134 valence electrons. The maximum atomic E-state index is 14.4. The first kappa shape index (κ1) is 15.6. The topological polar surface area (TPSA) is 41.4 Å². The summed E-state index contributed by atoms with van der Waals surface area (Å²) in [6, 6.07) is 8.08. The number of carbonyl (C=O) groups excluding carboxylic acids is 1. The van der Waals surface area contributed by atoms with Gasteiger partial charge in [-0.25, -0.2) is 9.37 Å². The van der Waals surface area contributed by atoms with Gasteiger partial charge in [-0.1, -0.05) is 6.08 Å². The summed E-state index contributed by atoms with van der Waals surface area (Å²) in [5, 5.41) is 0. The molecule has 1 saturated heterocycles. The van der Waals surface area contributed by atoms with Gasteiger partial charge in [0.1, 0.15) is 5.54 Å². The molecule has 1 aliphatic carbocycles. The molecule has 0 N–H and O–H groups in total. The van der Waals surface area contributed by atoms with Crippen molar-refractivity contribution in [3.05, 3.63) is 55.0 Å².